The first kappa shape index (κ1) is 7.09. The number of nitrogens with one attached hydrogen (secondary N) is 1. The number of pyridine rings is 1. The minimum atomic E-state index is 0.556. The van der Waals surface area contributed by atoms with Gasteiger partial charge in [0.1, 0.15) is 0 Å². The summed E-state index contributed by atoms with van der Waals surface area (Å²) in [5.74, 6) is 0. The standard InChI is InChI=1S/C8H9N3O/c1-2-12-8-10-6-3-4-9-5-7(6)11-8/h3-5H,2H2,1H3,(H,10,11). The Balaban J connectivity index is 2.47. The van der Waals surface area contributed by atoms with Crippen molar-refractivity contribution >= 4 is 11.0 Å². The second kappa shape index (κ2) is 2.81. The summed E-state index contributed by atoms with van der Waals surface area (Å²) >= 11 is 0. The van der Waals surface area contributed by atoms with Crippen molar-refractivity contribution in [2.24, 2.45) is 0 Å². The lowest BCUT2D eigenvalue weighted by Crippen LogP contribution is -1.92. The van der Waals surface area contributed by atoms with E-state index in [0.717, 1.165) is 11.0 Å². The SMILES string of the molecule is CCOc1nc2ccncc2[nH]1. The number of aromatic amines is 1. The van der Waals surface area contributed by atoms with Gasteiger partial charge >= 0.3 is 0 Å². The maximum absolute atomic E-state index is 5.20. The molecule has 0 aliphatic carbocycles. The first-order chi connectivity index (χ1) is 5.90. The van der Waals surface area contributed by atoms with Crippen LogP contribution in [0.3, 0.4) is 0 Å². The summed E-state index contributed by atoms with van der Waals surface area (Å²) in [6, 6.07) is 2.40. The summed E-state index contributed by atoms with van der Waals surface area (Å²) in [5, 5.41) is 0. The van der Waals surface area contributed by atoms with Crippen LogP contribution in [0.25, 0.3) is 11.0 Å². The van der Waals surface area contributed by atoms with Crippen molar-refractivity contribution in [2.75, 3.05) is 6.61 Å². The molecule has 0 saturated heterocycles. The Hall–Kier alpha value is -1.58. The Morgan fingerprint density at radius 2 is 2.50 bits per heavy atom. The molecule has 2 heterocycles. The van der Waals surface area contributed by atoms with Gasteiger partial charge in [0.2, 0.25) is 0 Å². The molecule has 2 aromatic heterocycles. The van der Waals surface area contributed by atoms with E-state index in [1.807, 2.05) is 13.0 Å². The summed E-state index contributed by atoms with van der Waals surface area (Å²) in [5.41, 5.74) is 1.79. The van der Waals surface area contributed by atoms with Crippen LogP contribution in [0, 0.1) is 0 Å². The minimum absolute atomic E-state index is 0.556. The molecule has 0 radical (unpaired) electrons. The third-order valence-electron chi connectivity index (χ3n) is 1.54. The maximum atomic E-state index is 5.20. The van der Waals surface area contributed by atoms with Crippen LogP contribution in [-0.2, 0) is 0 Å². The fourth-order valence-electron chi connectivity index (χ4n) is 1.04. The van der Waals surface area contributed by atoms with Gasteiger partial charge < -0.3 is 9.72 Å². The zero-order chi connectivity index (χ0) is 8.39. The average Bonchev–Trinajstić information content (AvgIpc) is 2.47. The maximum Gasteiger partial charge on any atom is 0.294 e. The average molecular weight is 163 g/mol. The Morgan fingerprint density at radius 1 is 1.58 bits per heavy atom. The van der Waals surface area contributed by atoms with E-state index in [4.69, 9.17) is 4.74 Å². The van der Waals surface area contributed by atoms with Gasteiger partial charge in [-0.3, -0.25) is 4.98 Å². The zero-order valence-electron chi connectivity index (χ0n) is 6.74. The molecule has 0 saturated carbocycles. The van der Waals surface area contributed by atoms with E-state index in [1.165, 1.54) is 0 Å². The zero-order valence-corrected chi connectivity index (χ0v) is 6.74. The van der Waals surface area contributed by atoms with Crippen molar-refractivity contribution < 1.29 is 4.74 Å². The molecule has 0 unspecified atom stereocenters. The normalized spacial score (nSPS) is 10.4. The van der Waals surface area contributed by atoms with Gasteiger partial charge in [-0.2, -0.15) is 4.98 Å². The number of rotatable bonds is 2. The summed E-state index contributed by atoms with van der Waals surface area (Å²) in [6.07, 6.45) is 3.43. The van der Waals surface area contributed by atoms with Crippen LogP contribution in [0.2, 0.25) is 0 Å². The summed E-state index contributed by atoms with van der Waals surface area (Å²) in [6.45, 7) is 2.54. The second-order valence-corrected chi connectivity index (χ2v) is 2.37. The molecule has 1 N–H and O–H groups in total. The monoisotopic (exact) mass is 163 g/mol. The van der Waals surface area contributed by atoms with E-state index in [2.05, 4.69) is 15.0 Å². The van der Waals surface area contributed by atoms with Crippen LogP contribution in [0.4, 0.5) is 0 Å². The Bertz CT molecular complexity index is 349. The first-order valence-electron chi connectivity index (χ1n) is 3.82. The number of hydrogen-bond donors (Lipinski definition) is 1. The van der Waals surface area contributed by atoms with Gasteiger partial charge in [0.15, 0.2) is 0 Å². The summed E-state index contributed by atoms with van der Waals surface area (Å²) in [7, 11) is 0. The Morgan fingerprint density at radius 3 is 3.25 bits per heavy atom. The lowest BCUT2D eigenvalue weighted by atomic mass is 10.4. The number of aromatic nitrogens is 3. The van der Waals surface area contributed by atoms with Crippen LogP contribution in [-0.4, -0.2) is 21.6 Å². The third-order valence-corrected chi connectivity index (χ3v) is 1.54. The fourth-order valence-corrected chi connectivity index (χ4v) is 1.04. The van der Waals surface area contributed by atoms with Gasteiger partial charge in [-0.1, -0.05) is 0 Å². The molecule has 0 atom stereocenters. The van der Waals surface area contributed by atoms with Gasteiger partial charge in [-0.05, 0) is 13.0 Å². The number of nitrogens with zero attached hydrogens (tertiary/aromatic N) is 2. The van der Waals surface area contributed by atoms with Gasteiger partial charge in [-0.25, -0.2) is 0 Å². The topological polar surface area (TPSA) is 50.8 Å². The quantitative estimate of drug-likeness (QED) is 0.727. The largest absolute Gasteiger partial charge is 0.465 e. The highest BCUT2D eigenvalue weighted by atomic mass is 16.5. The predicted molar refractivity (Wildman–Crippen MR) is 45.1 cm³/mol. The first-order valence-corrected chi connectivity index (χ1v) is 3.82. The van der Waals surface area contributed by atoms with E-state index in [0.29, 0.717) is 12.6 Å². The Kier molecular flexibility index (Phi) is 1.66. The van der Waals surface area contributed by atoms with E-state index in [-0.39, 0.29) is 0 Å². The number of hydrogen-bond acceptors (Lipinski definition) is 3. The molecule has 0 bridgehead atoms. The highest BCUT2D eigenvalue weighted by molar-refractivity contribution is 5.74. The third kappa shape index (κ3) is 1.11. The van der Waals surface area contributed by atoms with Crippen molar-refractivity contribution in [3.8, 4) is 6.01 Å². The van der Waals surface area contributed by atoms with Gasteiger partial charge in [-0.15, -0.1) is 0 Å². The number of ether oxygens (including phenoxy) is 1. The molecule has 0 spiro atoms. The molecular weight excluding hydrogens is 154 g/mol. The van der Waals surface area contributed by atoms with Crippen molar-refractivity contribution in [3.05, 3.63) is 18.5 Å². The molecule has 4 nitrogen and oxygen atoms in total. The molecule has 0 amide bonds. The van der Waals surface area contributed by atoms with Crippen LogP contribution in [0.5, 0.6) is 6.01 Å². The molecule has 12 heavy (non-hydrogen) atoms. The summed E-state index contributed by atoms with van der Waals surface area (Å²) < 4.78 is 5.20. The second-order valence-electron chi connectivity index (χ2n) is 2.37. The molecule has 0 fully saturated rings. The molecule has 0 aliphatic rings. The molecular formula is C8H9N3O. The lowest BCUT2D eigenvalue weighted by Gasteiger charge is -1.93. The number of imidazole rings is 1. The van der Waals surface area contributed by atoms with Crippen LogP contribution >= 0.6 is 0 Å². The lowest BCUT2D eigenvalue weighted by molar-refractivity contribution is 0.317. The highest BCUT2D eigenvalue weighted by Crippen LogP contribution is 2.13. The molecule has 4 heteroatoms. The van der Waals surface area contributed by atoms with Crippen molar-refractivity contribution in [1.82, 2.24) is 15.0 Å². The van der Waals surface area contributed by atoms with Gasteiger partial charge in [0, 0.05) is 6.20 Å². The van der Waals surface area contributed by atoms with Crippen molar-refractivity contribution in [3.63, 3.8) is 0 Å². The van der Waals surface area contributed by atoms with Gasteiger partial charge in [0.05, 0.1) is 23.8 Å². The van der Waals surface area contributed by atoms with Crippen LogP contribution in [0.15, 0.2) is 18.5 Å². The summed E-state index contributed by atoms with van der Waals surface area (Å²) in [4.78, 5) is 11.1. The minimum Gasteiger partial charge on any atom is -0.465 e. The van der Waals surface area contributed by atoms with Crippen LogP contribution < -0.4 is 4.74 Å². The van der Waals surface area contributed by atoms with E-state index < -0.39 is 0 Å². The molecule has 2 aromatic rings. The smallest absolute Gasteiger partial charge is 0.294 e. The number of H-pyrrole nitrogens is 1. The Labute approximate surface area is 69.6 Å². The van der Waals surface area contributed by atoms with Crippen LogP contribution in [0.1, 0.15) is 6.92 Å². The van der Waals surface area contributed by atoms with E-state index >= 15 is 0 Å². The highest BCUT2D eigenvalue weighted by Gasteiger charge is 2.00. The number of fused-ring (bicyclic) bond motifs is 1. The molecule has 62 valence electrons. The van der Waals surface area contributed by atoms with Crippen molar-refractivity contribution in [2.45, 2.75) is 6.92 Å². The van der Waals surface area contributed by atoms with E-state index in [1.54, 1.807) is 12.4 Å². The van der Waals surface area contributed by atoms with Crippen molar-refractivity contribution in [1.29, 1.82) is 0 Å². The van der Waals surface area contributed by atoms with E-state index in [9.17, 15) is 0 Å². The molecule has 2 rings (SSSR count). The van der Waals surface area contributed by atoms with Gasteiger partial charge in [0.25, 0.3) is 6.01 Å². The fraction of sp³-hybridized carbons (Fsp3) is 0.250. The molecule has 0 aromatic carbocycles. The molecule has 0 aliphatic heterocycles. The predicted octanol–water partition coefficient (Wildman–Crippen LogP) is 1.36.